The number of hydrogen-bond donors (Lipinski definition) is 4. The van der Waals surface area contributed by atoms with Crippen LogP contribution < -0.4 is 11.1 Å². The maximum Gasteiger partial charge on any atom is 0.412 e. The Kier molecular flexibility index (Phi) is 8.23. The number of nitrogens with two attached hydrogens (primary N) is 1. The molecule has 5 rings (SSSR count). The molecule has 1 fully saturated rings. The summed E-state index contributed by atoms with van der Waals surface area (Å²) in [7, 11) is 0. The molecule has 9 heteroatoms. The molecule has 4 atom stereocenters. The van der Waals surface area contributed by atoms with E-state index >= 15 is 0 Å². The van der Waals surface area contributed by atoms with Crippen molar-refractivity contribution in [2.45, 2.75) is 77.0 Å². The van der Waals surface area contributed by atoms with Gasteiger partial charge < -0.3 is 25.3 Å². The number of nitrogens with one attached hydrogen (secondary N) is 1. The molecule has 212 valence electrons. The van der Waals surface area contributed by atoms with Gasteiger partial charge in [0.25, 0.3) is 0 Å². The van der Waals surface area contributed by atoms with Crippen LogP contribution in [-0.4, -0.2) is 49.7 Å². The van der Waals surface area contributed by atoms with E-state index in [9.17, 15) is 15.0 Å². The lowest BCUT2D eigenvalue weighted by Crippen LogP contribution is -2.36. The average Bonchev–Trinajstić information content (AvgIpc) is 3.50. The highest BCUT2D eigenvalue weighted by Crippen LogP contribution is 2.50. The van der Waals surface area contributed by atoms with Gasteiger partial charge in [0.1, 0.15) is 17.6 Å². The van der Waals surface area contributed by atoms with Crippen LogP contribution in [0.1, 0.15) is 64.0 Å². The number of aliphatic hydroxyl groups excluding tert-OH is 2. The van der Waals surface area contributed by atoms with Crippen LogP contribution in [0.5, 0.6) is 0 Å². The molecule has 0 saturated heterocycles. The van der Waals surface area contributed by atoms with Gasteiger partial charge in [-0.2, -0.15) is 0 Å². The van der Waals surface area contributed by atoms with Gasteiger partial charge in [0.2, 0.25) is 0 Å². The minimum absolute atomic E-state index is 0.296. The molecule has 1 aliphatic rings. The Morgan fingerprint density at radius 1 is 1.18 bits per heavy atom. The number of aliphatic hydroxyl groups is 2. The van der Waals surface area contributed by atoms with E-state index in [1.807, 2.05) is 35.0 Å². The summed E-state index contributed by atoms with van der Waals surface area (Å²) in [6.07, 6.45) is 7.03. The minimum Gasteiger partial charge on any atom is -0.449 e. The fourth-order valence-electron chi connectivity index (χ4n) is 6.06. The molecule has 4 aromatic rings. The first-order valence-corrected chi connectivity index (χ1v) is 14.3. The topological polar surface area (TPSA) is 136 Å². The predicted octanol–water partition coefficient (Wildman–Crippen LogP) is 5.60. The largest absolute Gasteiger partial charge is 0.449 e. The molecule has 1 amide bonds. The molecule has 0 bridgehead atoms. The molecule has 0 unspecified atom stereocenters. The summed E-state index contributed by atoms with van der Waals surface area (Å²) in [5.74, 6) is 0.445. The average molecular weight is 546 g/mol. The zero-order valence-corrected chi connectivity index (χ0v) is 23.2. The Labute approximate surface area is 234 Å². The van der Waals surface area contributed by atoms with E-state index in [0.29, 0.717) is 31.0 Å². The monoisotopic (exact) mass is 545 g/mol. The zero-order chi connectivity index (χ0) is 28.3. The van der Waals surface area contributed by atoms with Gasteiger partial charge in [0.05, 0.1) is 24.3 Å². The van der Waals surface area contributed by atoms with Crippen molar-refractivity contribution >= 4 is 39.5 Å². The summed E-state index contributed by atoms with van der Waals surface area (Å²) in [5.41, 5.74) is 8.90. The summed E-state index contributed by atoms with van der Waals surface area (Å²) in [4.78, 5) is 21.2. The van der Waals surface area contributed by atoms with Crippen LogP contribution in [0, 0.1) is 5.41 Å². The number of rotatable bonds is 10. The van der Waals surface area contributed by atoms with Gasteiger partial charge in [-0.1, -0.05) is 38.8 Å². The second-order valence-electron chi connectivity index (χ2n) is 11.0. The van der Waals surface area contributed by atoms with E-state index in [1.165, 1.54) is 0 Å². The van der Waals surface area contributed by atoms with Crippen molar-refractivity contribution in [2.24, 2.45) is 5.41 Å². The van der Waals surface area contributed by atoms with Crippen molar-refractivity contribution in [3.63, 3.8) is 0 Å². The number of pyridine rings is 2. The number of benzene rings is 1. The normalized spacial score (nSPS) is 22.6. The molecule has 40 heavy (non-hydrogen) atoms. The van der Waals surface area contributed by atoms with E-state index in [-0.39, 0.29) is 6.04 Å². The second kappa shape index (κ2) is 11.8. The SMILES string of the molecule is CCCCCOC(=O)Nc1ccc2ccc(CC[C@@]3(CC)C[C@@H](n4ccc5c(N)ccnc54)[C@H](O)[C@@H]3O)cc2n1. The highest BCUT2D eigenvalue weighted by Gasteiger charge is 2.51. The maximum atomic E-state index is 12.1. The molecule has 0 radical (unpaired) electrons. The Morgan fingerprint density at radius 3 is 2.80 bits per heavy atom. The molecule has 3 heterocycles. The summed E-state index contributed by atoms with van der Waals surface area (Å²) in [6.45, 7) is 4.57. The minimum atomic E-state index is -0.910. The van der Waals surface area contributed by atoms with Crippen LogP contribution in [0.4, 0.5) is 16.3 Å². The summed E-state index contributed by atoms with van der Waals surface area (Å²) < 4.78 is 7.20. The lowest BCUT2D eigenvalue weighted by Gasteiger charge is -2.32. The number of nitrogen functional groups attached to an aromatic ring is 1. The van der Waals surface area contributed by atoms with Gasteiger partial charge in [-0.3, -0.25) is 5.32 Å². The van der Waals surface area contributed by atoms with Crippen molar-refractivity contribution in [3.05, 3.63) is 60.4 Å². The number of carbonyl (C=O) groups is 1. The first-order chi connectivity index (χ1) is 19.3. The lowest BCUT2D eigenvalue weighted by molar-refractivity contribution is -0.0324. The molecular weight excluding hydrogens is 506 g/mol. The maximum absolute atomic E-state index is 12.1. The van der Waals surface area contributed by atoms with Crippen LogP contribution in [0.15, 0.2) is 54.9 Å². The second-order valence-corrected chi connectivity index (χ2v) is 11.0. The molecule has 9 nitrogen and oxygen atoms in total. The van der Waals surface area contributed by atoms with Crippen LogP contribution in [-0.2, 0) is 11.2 Å². The number of hydrogen-bond acceptors (Lipinski definition) is 7. The van der Waals surface area contributed by atoms with Gasteiger partial charge in [0, 0.05) is 34.3 Å². The number of unbranched alkanes of at least 4 members (excludes halogenated alkanes) is 2. The predicted molar refractivity (Wildman–Crippen MR) is 157 cm³/mol. The van der Waals surface area contributed by atoms with Crippen molar-refractivity contribution in [1.29, 1.82) is 0 Å². The molecule has 0 spiro atoms. The van der Waals surface area contributed by atoms with Crippen molar-refractivity contribution < 1.29 is 19.7 Å². The summed E-state index contributed by atoms with van der Waals surface area (Å²) >= 11 is 0. The Balaban J connectivity index is 1.29. The number of aromatic nitrogens is 3. The smallest absolute Gasteiger partial charge is 0.412 e. The summed E-state index contributed by atoms with van der Waals surface area (Å²) in [6, 6.07) is 13.2. The van der Waals surface area contributed by atoms with Gasteiger partial charge in [-0.05, 0) is 68.0 Å². The first-order valence-electron chi connectivity index (χ1n) is 14.3. The number of anilines is 2. The molecule has 1 aromatic carbocycles. The molecule has 3 aromatic heterocycles. The molecule has 1 aliphatic carbocycles. The number of aryl methyl sites for hydroxylation is 1. The van der Waals surface area contributed by atoms with Crippen molar-refractivity contribution in [1.82, 2.24) is 14.5 Å². The van der Waals surface area contributed by atoms with E-state index in [2.05, 4.69) is 35.2 Å². The van der Waals surface area contributed by atoms with Gasteiger partial charge in [-0.15, -0.1) is 0 Å². The van der Waals surface area contributed by atoms with Gasteiger partial charge in [-0.25, -0.2) is 14.8 Å². The quantitative estimate of drug-likeness (QED) is 0.190. The Hall–Kier alpha value is -3.69. The number of carbonyl (C=O) groups excluding carboxylic acids is 1. The third kappa shape index (κ3) is 5.48. The highest BCUT2D eigenvalue weighted by atomic mass is 16.5. The Morgan fingerprint density at radius 2 is 2.00 bits per heavy atom. The van der Waals surface area contributed by atoms with Crippen LogP contribution >= 0.6 is 0 Å². The standard InChI is InChI=1S/C31H39N5O4/c1-3-5-6-17-40-30(39)35-26-10-9-21-8-7-20(18-24(21)34-26)11-14-31(4-2)19-25(27(37)28(31)38)36-16-13-22-23(32)12-15-33-29(22)36/h7-10,12-13,15-16,18,25,27-28,37-38H,3-6,11,14,17,19H2,1-2H3,(H2,32,33)(H,34,35,39)/t25-,27+,28+,31+/m1/s1. The molecule has 5 N–H and O–H groups in total. The van der Waals surface area contributed by atoms with E-state index in [4.69, 9.17) is 10.5 Å². The third-order valence-corrected chi connectivity index (χ3v) is 8.55. The van der Waals surface area contributed by atoms with E-state index in [1.54, 1.807) is 18.3 Å². The third-order valence-electron chi connectivity index (χ3n) is 8.55. The van der Waals surface area contributed by atoms with Crippen LogP contribution in [0.2, 0.25) is 0 Å². The lowest BCUT2D eigenvalue weighted by atomic mass is 9.76. The van der Waals surface area contributed by atoms with E-state index in [0.717, 1.165) is 59.6 Å². The van der Waals surface area contributed by atoms with Gasteiger partial charge in [0.15, 0.2) is 0 Å². The number of amides is 1. The van der Waals surface area contributed by atoms with Crippen molar-refractivity contribution in [3.8, 4) is 0 Å². The fourth-order valence-corrected chi connectivity index (χ4v) is 6.06. The first kappa shape index (κ1) is 27.9. The molecule has 1 saturated carbocycles. The van der Waals surface area contributed by atoms with Crippen LogP contribution in [0.25, 0.3) is 21.9 Å². The van der Waals surface area contributed by atoms with Crippen molar-refractivity contribution in [2.75, 3.05) is 17.7 Å². The highest BCUT2D eigenvalue weighted by molar-refractivity contribution is 5.88. The Bertz CT molecular complexity index is 1490. The number of ether oxygens (including phenoxy) is 1. The van der Waals surface area contributed by atoms with Crippen LogP contribution in [0.3, 0.4) is 0 Å². The molecule has 0 aliphatic heterocycles. The molecular formula is C31H39N5O4. The number of fused-ring (bicyclic) bond motifs is 2. The zero-order valence-electron chi connectivity index (χ0n) is 23.2. The van der Waals surface area contributed by atoms with E-state index < -0.39 is 23.7 Å². The fraction of sp³-hybridized carbons (Fsp3) is 0.452. The number of nitrogens with zero attached hydrogens (tertiary/aromatic N) is 3. The van der Waals surface area contributed by atoms with Gasteiger partial charge >= 0.3 is 6.09 Å². The summed E-state index contributed by atoms with van der Waals surface area (Å²) in [5, 5.41) is 27.0.